The summed E-state index contributed by atoms with van der Waals surface area (Å²) in [5.41, 5.74) is 0.979. The van der Waals surface area contributed by atoms with E-state index >= 15 is 0 Å². The van der Waals surface area contributed by atoms with Gasteiger partial charge < -0.3 is 10.2 Å². The highest BCUT2D eigenvalue weighted by atomic mass is 32.2. The molecule has 0 heterocycles. The van der Waals surface area contributed by atoms with Crippen molar-refractivity contribution in [2.45, 2.75) is 24.8 Å². The number of nitrogens with zero attached hydrogens (tertiary/aromatic N) is 1. The molecule has 6 heteroatoms. The molecule has 1 atom stereocenters. The molecule has 0 saturated carbocycles. The summed E-state index contributed by atoms with van der Waals surface area (Å²) in [7, 11) is -3.61. The van der Waals surface area contributed by atoms with Gasteiger partial charge in [0, 0.05) is 13.1 Å². The lowest BCUT2D eigenvalue weighted by Crippen LogP contribution is -2.38. The topological polar surface area (TPSA) is 77.8 Å². The number of likely N-dealkylation sites (N-methyl/N-ethyl adjacent to an activating group) is 1. The Bertz CT molecular complexity index is 469. The minimum absolute atomic E-state index is 0.108. The first kappa shape index (κ1) is 15.1. The summed E-state index contributed by atoms with van der Waals surface area (Å²) >= 11 is 0. The van der Waals surface area contributed by atoms with Gasteiger partial charge in [-0.15, -0.1) is 0 Å². The number of rotatable bonds is 6. The molecule has 1 aromatic rings. The fourth-order valence-electron chi connectivity index (χ4n) is 1.55. The van der Waals surface area contributed by atoms with Crippen molar-refractivity contribution < 1.29 is 18.6 Å². The molecular weight excluding hydrogens is 254 g/mol. The van der Waals surface area contributed by atoms with E-state index in [1.807, 2.05) is 6.92 Å². The molecular formula is C12H19NO4S. The minimum atomic E-state index is -3.61. The van der Waals surface area contributed by atoms with E-state index in [1.165, 1.54) is 0 Å². The zero-order valence-corrected chi connectivity index (χ0v) is 11.4. The van der Waals surface area contributed by atoms with Gasteiger partial charge in [0.05, 0.1) is 17.6 Å². The molecule has 18 heavy (non-hydrogen) atoms. The SMILES string of the molecule is CCN(C[C@@H](O)CO)S(=O)(=O)c1ccc(C)cc1. The molecule has 0 aliphatic rings. The van der Waals surface area contributed by atoms with Crippen LogP contribution in [0, 0.1) is 6.92 Å². The zero-order chi connectivity index (χ0) is 13.8. The van der Waals surface area contributed by atoms with Crippen LogP contribution in [0.4, 0.5) is 0 Å². The van der Waals surface area contributed by atoms with Crippen LogP contribution in [0.25, 0.3) is 0 Å². The maximum atomic E-state index is 12.3. The molecule has 2 N–H and O–H groups in total. The third-order valence-corrected chi connectivity index (χ3v) is 4.59. The molecule has 0 aliphatic heterocycles. The Labute approximate surface area is 108 Å². The Hall–Kier alpha value is -0.950. The van der Waals surface area contributed by atoms with E-state index < -0.39 is 22.7 Å². The first-order chi connectivity index (χ1) is 8.41. The molecule has 0 unspecified atom stereocenters. The normalized spacial score (nSPS) is 13.8. The molecule has 1 aromatic carbocycles. The summed E-state index contributed by atoms with van der Waals surface area (Å²) in [4.78, 5) is 0.195. The Morgan fingerprint density at radius 3 is 2.28 bits per heavy atom. The molecule has 102 valence electrons. The summed E-state index contributed by atoms with van der Waals surface area (Å²) in [5.74, 6) is 0. The summed E-state index contributed by atoms with van der Waals surface area (Å²) in [6, 6.07) is 6.53. The van der Waals surface area contributed by atoms with Crippen LogP contribution in [0.5, 0.6) is 0 Å². The van der Waals surface area contributed by atoms with Crippen molar-refractivity contribution in [3.05, 3.63) is 29.8 Å². The highest BCUT2D eigenvalue weighted by Crippen LogP contribution is 2.16. The summed E-state index contributed by atoms with van der Waals surface area (Å²) < 4.78 is 25.7. The van der Waals surface area contributed by atoms with Gasteiger partial charge in [0.1, 0.15) is 0 Å². The van der Waals surface area contributed by atoms with Crippen LogP contribution in [0.2, 0.25) is 0 Å². The van der Waals surface area contributed by atoms with Gasteiger partial charge in [-0.05, 0) is 19.1 Å². The van der Waals surface area contributed by atoms with E-state index in [0.717, 1.165) is 9.87 Å². The second-order valence-electron chi connectivity index (χ2n) is 4.11. The number of hydrogen-bond acceptors (Lipinski definition) is 4. The van der Waals surface area contributed by atoms with Gasteiger partial charge in [-0.1, -0.05) is 24.6 Å². The van der Waals surface area contributed by atoms with Crippen LogP contribution in [0.15, 0.2) is 29.2 Å². The molecule has 0 amide bonds. The molecule has 0 spiro atoms. The third kappa shape index (κ3) is 3.52. The largest absolute Gasteiger partial charge is 0.394 e. The van der Waals surface area contributed by atoms with Crippen molar-refractivity contribution >= 4 is 10.0 Å². The highest BCUT2D eigenvalue weighted by molar-refractivity contribution is 7.89. The van der Waals surface area contributed by atoms with Crippen LogP contribution in [0.3, 0.4) is 0 Å². The van der Waals surface area contributed by atoms with Crippen molar-refractivity contribution in [3.63, 3.8) is 0 Å². The molecule has 0 saturated heterocycles. The summed E-state index contributed by atoms with van der Waals surface area (Å²) in [5, 5.41) is 18.1. The predicted octanol–water partition coefficient (Wildman–Crippen LogP) is 0.359. The van der Waals surface area contributed by atoms with Crippen LogP contribution in [-0.4, -0.2) is 48.7 Å². The number of sulfonamides is 1. The quantitative estimate of drug-likeness (QED) is 0.784. The van der Waals surface area contributed by atoms with Gasteiger partial charge in [0.15, 0.2) is 0 Å². The standard InChI is InChI=1S/C12H19NO4S/c1-3-13(8-11(15)9-14)18(16,17)12-6-4-10(2)5-7-12/h4-7,11,14-15H,3,8-9H2,1-2H3/t11-/m1/s1. The smallest absolute Gasteiger partial charge is 0.243 e. The van der Waals surface area contributed by atoms with E-state index in [0.29, 0.717) is 0 Å². The van der Waals surface area contributed by atoms with Gasteiger partial charge in [-0.3, -0.25) is 0 Å². The van der Waals surface area contributed by atoms with Crippen LogP contribution in [-0.2, 0) is 10.0 Å². The van der Waals surface area contributed by atoms with Crippen molar-refractivity contribution in [1.82, 2.24) is 4.31 Å². The summed E-state index contributed by atoms with van der Waals surface area (Å²) in [6.45, 7) is 3.25. The molecule has 0 radical (unpaired) electrons. The van der Waals surface area contributed by atoms with E-state index in [-0.39, 0.29) is 18.0 Å². The van der Waals surface area contributed by atoms with E-state index in [2.05, 4.69) is 0 Å². The number of aliphatic hydroxyl groups excluding tert-OH is 2. The molecule has 0 aliphatic carbocycles. The maximum Gasteiger partial charge on any atom is 0.243 e. The number of aliphatic hydroxyl groups is 2. The number of benzene rings is 1. The monoisotopic (exact) mass is 273 g/mol. The van der Waals surface area contributed by atoms with Gasteiger partial charge >= 0.3 is 0 Å². The van der Waals surface area contributed by atoms with Gasteiger partial charge in [-0.25, -0.2) is 8.42 Å². The Morgan fingerprint density at radius 2 is 1.83 bits per heavy atom. The lowest BCUT2D eigenvalue weighted by atomic mass is 10.2. The van der Waals surface area contributed by atoms with Gasteiger partial charge in [-0.2, -0.15) is 4.31 Å². The van der Waals surface area contributed by atoms with Crippen LogP contribution in [0.1, 0.15) is 12.5 Å². The Morgan fingerprint density at radius 1 is 1.28 bits per heavy atom. The predicted molar refractivity (Wildman–Crippen MR) is 68.7 cm³/mol. The third-order valence-electron chi connectivity index (χ3n) is 2.64. The first-order valence-electron chi connectivity index (χ1n) is 5.77. The Kier molecular flexibility index (Phi) is 5.28. The molecule has 5 nitrogen and oxygen atoms in total. The fraction of sp³-hybridized carbons (Fsp3) is 0.500. The average Bonchev–Trinajstić information content (AvgIpc) is 2.35. The maximum absolute atomic E-state index is 12.3. The van der Waals surface area contributed by atoms with Crippen molar-refractivity contribution in [1.29, 1.82) is 0 Å². The lowest BCUT2D eigenvalue weighted by molar-refractivity contribution is 0.0795. The molecule has 0 aromatic heterocycles. The fourth-order valence-corrected chi connectivity index (χ4v) is 3.04. The van der Waals surface area contributed by atoms with Crippen molar-refractivity contribution in [3.8, 4) is 0 Å². The minimum Gasteiger partial charge on any atom is -0.394 e. The second-order valence-corrected chi connectivity index (χ2v) is 6.04. The first-order valence-corrected chi connectivity index (χ1v) is 7.21. The Balaban J connectivity index is 2.99. The van der Waals surface area contributed by atoms with Crippen LogP contribution < -0.4 is 0 Å². The second kappa shape index (κ2) is 6.29. The van der Waals surface area contributed by atoms with Crippen molar-refractivity contribution in [2.75, 3.05) is 19.7 Å². The average molecular weight is 273 g/mol. The number of aryl methyl sites for hydroxylation is 1. The summed E-state index contributed by atoms with van der Waals surface area (Å²) in [6.07, 6.45) is -1.06. The molecule has 1 rings (SSSR count). The van der Waals surface area contributed by atoms with Crippen LogP contribution >= 0.6 is 0 Å². The number of hydrogen-bond donors (Lipinski definition) is 2. The van der Waals surface area contributed by atoms with E-state index in [1.54, 1.807) is 31.2 Å². The van der Waals surface area contributed by atoms with Gasteiger partial charge in [0.25, 0.3) is 0 Å². The molecule has 0 fully saturated rings. The van der Waals surface area contributed by atoms with E-state index in [4.69, 9.17) is 5.11 Å². The highest BCUT2D eigenvalue weighted by Gasteiger charge is 2.24. The van der Waals surface area contributed by atoms with E-state index in [9.17, 15) is 13.5 Å². The lowest BCUT2D eigenvalue weighted by Gasteiger charge is -2.22. The zero-order valence-electron chi connectivity index (χ0n) is 10.6. The molecule has 0 bridgehead atoms. The van der Waals surface area contributed by atoms with Crippen molar-refractivity contribution in [2.24, 2.45) is 0 Å². The van der Waals surface area contributed by atoms with Gasteiger partial charge in [0.2, 0.25) is 10.0 Å².